The van der Waals surface area contributed by atoms with Crippen molar-refractivity contribution in [3.8, 4) is 0 Å². The molecule has 0 spiro atoms. The zero-order valence-electron chi connectivity index (χ0n) is 9.88. The lowest BCUT2D eigenvalue weighted by Gasteiger charge is -2.22. The first kappa shape index (κ1) is 12.3. The van der Waals surface area contributed by atoms with Gasteiger partial charge in [-0.3, -0.25) is 4.79 Å². The Kier molecular flexibility index (Phi) is 4.58. The number of nitrogens with zero attached hydrogens (tertiary/aromatic N) is 1. The van der Waals surface area contributed by atoms with Crippen molar-refractivity contribution in [2.75, 3.05) is 7.05 Å². The minimum absolute atomic E-state index is 0.0133. The van der Waals surface area contributed by atoms with E-state index in [1.54, 1.807) is 13.3 Å². The smallest absolute Gasteiger partial charge is 0.222 e. The molecular formula is C13H17NO2. The lowest BCUT2D eigenvalue weighted by molar-refractivity contribution is -0.135. The lowest BCUT2D eigenvalue weighted by Crippen LogP contribution is -2.34. The van der Waals surface area contributed by atoms with Gasteiger partial charge in [-0.25, -0.2) is 0 Å². The van der Waals surface area contributed by atoms with Crippen molar-refractivity contribution in [1.29, 1.82) is 0 Å². The van der Waals surface area contributed by atoms with Crippen molar-refractivity contribution in [3.05, 3.63) is 42.2 Å². The number of carbonyl (C=O) groups excluding carboxylic acids is 1. The molecule has 0 bridgehead atoms. The second-order valence-electron chi connectivity index (χ2n) is 3.58. The summed E-state index contributed by atoms with van der Waals surface area (Å²) in [5.74, 6) is -0.0133. The Morgan fingerprint density at radius 1 is 1.38 bits per heavy atom. The Labute approximate surface area is 96.3 Å². The first-order valence-electron chi connectivity index (χ1n) is 5.21. The van der Waals surface area contributed by atoms with Gasteiger partial charge in [0.25, 0.3) is 0 Å². The van der Waals surface area contributed by atoms with E-state index in [0.717, 1.165) is 5.56 Å². The highest BCUT2D eigenvalue weighted by Gasteiger charge is 2.10. The summed E-state index contributed by atoms with van der Waals surface area (Å²) in [4.78, 5) is 12.6. The van der Waals surface area contributed by atoms with E-state index in [1.165, 1.54) is 11.8 Å². The van der Waals surface area contributed by atoms with E-state index in [0.29, 0.717) is 0 Å². The summed E-state index contributed by atoms with van der Waals surface area (Å²) < 4.78 is 5.39. The molecule has 3 heteroatoms. The molecule has 0 heterocycles. The Hall–Kier alpha value is -1.77. The number of amides is 1. The van der Waals surface area contributed by atoms with Crippen LogP contribution >= 0.6 is 0 Å². The summed E-state index contributed by atoms with van der Waals surface area (Å²) in [6, 6.07) is 9.86. The third-order valence-electron chi connectivity index (χ3n) is 2.38. The van der Waals surface area contributed by atoms with Crippen LogP contribution < -0.4 is 0 Å². The van der Waals surface area contributed by atoms with Gasteiger partial charge in [0, 0.05) is 14.0 Å². The van der Waals surface area contributed by atoms with E-state index in [-0.39, 0.29) is 12.1 Å². The second kappa shape index (κ2) is 5.95. The van der Waals surface area contributed by atoms with Crippen molar-refractivity contribution in [3.63, 3.8) is 0 Å². The summed E-state index contributed by atoms with van der Waals surface area (Å²) in [5.41, 5.74) is 1.07. The maximum atomic E-state index is 11.0. The first-order chi connectivity index (χ1) is 7.61. The normalized spacial score (nSPS) is 12.4. The molecule has 3 nitrogen and oxygen atoms in total. The Morgan fingerprint density at radius 3 is 2.56 bits per heavy atom. The molecule has 0 radical (unpaired) electrons. The van der Waals surface area contributed by atoms with Crippen LogP contribution in [0.1, 0.15) is 19.4 Å². The minimum Gasteiger partial charge on any atom is -0.478 e. The Balaban J connectivity index is 2.46. The molecule has 16 heavy (non-hydrogen) atoms. The van der Waals surface area contributed by atoms with Crippen molar-refractivity contribution in [1.82, 2.24) is 4.90 Å². The van der Waals surface area contributed by atoms with Crippen molar-refractivity contribution in [2.45, 2.75) is 20.1 Å². The molecule has 0 aliphatic rings. The molecule has 1 atom stereocenters. The van der Waals surface area contributed by atoms with Gasteiger partial charge in [-0.2, -0.15) is 0 Å². The van der Waals surface area contributed by atoms with E-state index in [2.05, 4.69) is 0 Å². The average molecular weight is 219 g/mol. The molecule has 0 aromatic heterocycles. The average Bonchev–Trinajstić information content (AvgIpc) is 2.29. The summed E-state index contributed by atoms with van der Waals surface area (Å²) in [5, 5.41) is 0. The highest BCUT2D eigenvalue weighted by molar-refractivity contribution is 5.73. The molecular weight excluding hydrogens is 202 g/mol. The molecule has 1 rings (SSSR count). The van der Waals surface area contributed by atoms with E-state index in [4.69, 9.17) is 4.74 Å². The van der Waals surface area contributed by atoms with Gasteiger partial charge in [-0.05, 0) is 18.6 Å². The highest BCUT2D eigenvalue weighted by Crippen LogP contribution is 2.04. The largest absolute Gasteiger partial charge is 0.478 e. The van der Waals surface area contributed by atoms with E-state index in [1.807, 2.05) is 43.3 Å². The van der Waals surface area contributed by atoms with Gasteiger partial charge in [-0.15, -0.1) is 0 Å². The lowest BCUT2D eigenvalue weighted by atomic mass is 10.2. The monoisotopic (exact) mass is 219 g/mol. The van der Waals surface area contributed by atoms with Crippen LogP contribution in [0.5, 0.6) is 0 Å². The number of hydrogen-bond donors (Lipinski definition) is 0. The van der Waals surface area contributed by atoms with Gasteiger partial charge in [0.1, 0.15) is 0 Å². The molecule has 1 aromatic rings. The van der Waals surface area contributed by atoms with Crippen LogP contribution in [0.3, 0.4) is 0 Å². The van der Waals surface area contributed by atoms with E-state index < -0.39 is 0 Å². The third-order valence-corrected chi connectivity index (χ3v) is 2.38. The standard InChI is InChI=1S/C13H17NO2/c1-11(15)14(3)12(2)16-10-9-13-7-5-4-6-8-13/h4-10,12H,1-3H3. The van der Waals surface area contributed by atoms with Crippen LogP contribution in [0.15, 0.2) is 36.6 Å². The topological polar surface area (TPSA) is 29.5 Å². The van der Waals surface area contributed by atoms with Crippen molar-refractivity contribution >= 4 is 12.0 Å². The van der Waals surface area contributed by atoms with Crippen LogP contribution in [0.4, 0.5) is 0 Å². The molecule has 0 N–H and O–H groups in total. The van der Waals surface area contributed by atoms with Crippen LogP contribution in [0.25, 0.3) is 6.08 Å². The maximum Gasteiger partial charge on any atom is 0.222 e. The second-order valence-corrected chi connectivity index (χ2v) is 3.58. The minimum atomic E-state index is -0.252. The highest BCUT2D eigenvalue weighted by atomic mass is 16.5. The van der Waals surface area contributed by atoms with Gasteiger partial charge in [0.15, 0.2) is 6.23 Å². The number of hydrogen-bond acceptors (Lipinski definition) is 2. The number of ether oxygens (including phenoxy) is 1. The first-order valence-corrected chi connectivity index (χ1v) is 5.21. The van der Waals surface area contributed by atoms with Gasteiger partial charge in [0.05, 0.1) is 6.26 Å². The molecule has 1 unspecified atom stereocenters. The van der Waals surface area contributed by atoms with E-state index in [9.17, 15) is 4.79 Å². The fraction of sp³-hybridized carbons (Fsp3) is 0.308. The van der Waals surface area contributed by atoms with Crippen LogP contribution in [-0.2, 0) is 9.53 Å². The third kappa shape index (κ3) is 3.77. The predicted octanol–water partition coefficient (Wildman–Crippen LogP) is 2.50. The summed E-state index contributed by atoms with van der Waals surface area (Å²) in [6.07, 6.45) is 3.22. The molecule has 0 saturated heterocycles. The fourth-order valence-electron chi connectivity index (χ4n) is 1.14. The molecule has 0 aliphatic heterocycles. The van der Waals surface area contributed by atoms with Crippen LogP contribution in [0, 0.1) is 0 Å². The Morgan fingerprint density at radius 2 is 2.00 bits per heavy atom. The predicted molar refractivity (Wildman–Crippen MR) is 64.5 cm³/mol. The molecule has 1 aromatic carbocycles. The zero-order chi connectivity index (χ0) is 12.0. The van der Waals surface area contributed by atoms with Crippen LogP contribution in [0.2, 0.25) is 0 Å². The Bertz CT molecular complexity index is 359. The quantitative estimate of drug-likeness (QED) is 0.575. The van der Waals surface area contributed by atoms with E-state index >= 15 is 0 Å². The SMILES string of the molecule is CC(=O)N(C)C(C)OC=Cc1ccccc1. The summed E-state index contributed by atoms with van der Waals surface area (Å²) >= 11 is 0. The van der Waals surface area contributed by atoms with Gasteiger partial charge in [0.2, 0.25) is 5.91 Å². The summed E-state index contributed by atoms with van der Waals surface area (Å²) in [7, 11) is 1.71. The van der Waals surface area contributed by atoms with Crippen molar-refractivity contribution < 1.29 is 9.53 Å². The van der Waals surface area contributed by atoms with Crippen molar-refractivity contribution in [2.24, 2.45) is 0 Å². The number of carbonyl (C=O) groups is 1. The molecule has 0 saturated carbocycles. The summed E-state index contributed by atoms with van der Waals surface area (Å²) in [6.45, 7) is 3.34. The van der Waals surface area contributed by atoms with Gasteiger partial charge < -0.3 is 9.64 Å². The number of rotatable bonds is 4. The molecule has 1 amide bonds. The number of benzene rings is 1. The molecule has 86 valence electrons. The fourth-order valence-corrected chi connectivity index (χ4v) is 1.14. The maximum absolute atomic E-state index is 11.0. The van der Waals surface area contributed by atoms with Crippen LogP contribution in [-0.4, -0.2) is 24.1 Å². The molecule has 0 fully saturated rings. The zero-order valence-corrected chi connectivity index (χ0v) is 9.88. The van der Waals surface area contributed by atoms with Gasteiger partial charge in [-0.1, -0.05) is 30.3 Å². The molecule has 0 aliphatic carbocycles. The van der Waals surface area contributed by atoms with Gasteiger partial charge >= 0.3 is 0 Å².